The Labute approximate surface area is 104 Å². The molecule has 0 amide bonds. The van der Waals surface area contributed by atoms with Crippen molar-refractivity contribution in [1.29, 1.82) is 0 Å². The van der Waals surface area contributed by atoms with Crippen molar-refractivity contribution in [1.82, 2.24) is 9.97 Å². The maximum absolute atomic E-state index is 4.36. The fourth-order valence-corrected chi connectivity index (χ4v) is 4.22. The van der Waals surface area contributed by atoms with Gasteiger partial charge in [0.25, 0.3) is 0 Å². The standard InChI is InChI=1S/C8H2Br2N2S2/c9-7-11-3-1-4-6(2-5(3)13-7)14-8(10)12-4/h1-2H. The van der Waals surface area contributed by atoms with Crippen molar-refractivity contribution in [2.75, 3.05) is 0 Å². The summed E-state index contributed by atoms with van der Waals surface area (Å²) in [5.41, 5.74) is 2.01. The normalized spacial score (nSPS) is 11.6. The minimum absolute atomic E-state index is 0.921. The molecular formula is C8H2Br2N2S2. The average molecular weight is 350 g/mol. The predicted molar refractivity (Wildman–Crippen MR) is 68.2 cm³/mol. The molecule has 0 atom stereocenters. The summed E-state index contributed by atoms with van der Waals surface area (Å²) < 4.78 is 4.23. The highest BCUT2D eigenvalue weighted by atomic mass is 79.9. The van der Waals surface area contributed by atoms with E-state index >= 15 is 0 Å². The number of rotatable bonds is 0. The number of aromatic nitrogens is 2. The van der Waals surface area contributed by atoms with Crippen molar-refractivity contribution in [2.24, 2.45) is 0 Å². The van der Waals surface area contributed by atoms with E-state index in [1.165, 1.54) is 9.40 Å². The molecule has 70 valence electrons. The van der Waals surface area contributed by atoms with Gasteiger partial charge >= 0.3 is 0 Å². The van der Waals surface area contributed by atoms with Crippen LogP contribution in [0.2, 0.25) is 0 Å². The summed E-state index contributed by atoms with van der Waals surface area (Å²) in [6, 6.07) is 4.16. The van der Waals surface area contributed by atoms with E-state index in [1.807, 2.05) is 6.07 Å². The zero-order valence-electron chi connectivity index (χ0n) is 6.62. The van der Waals surface area contributed by atoms with Crippen molar-refractivity contribution >= 4 is 75.0 Å². The number of hydrogen-bond donors (Lipinski definition) is 0. The molecule has 6 heteroatoms. The van der Waals surface area contributed by atoms with Gasteiger partial charge in [-0.15, -0.1) is 22.7 Å². The van der Waals surface area contributed by atoms with Gasteiger partial charge in [0.2, 0.25) is 0 Å². The number of fused-ring (bicyclic) bond motifs is 2. The highest BCUT2D eigenvalue weighted by Gasteiger charge is 2.06. The van der Waals surface area contributed by atoms with E-state index in [0.29, 0.717) is 0 Å². The van der Waals surface area contributed by atoms with E-state index in [-0.39, 0.29) is 0 Å². The van der Waals surface area contributed by atoms with Crippen molar-refractivity contribution in [3.8, 4) is 0 Å². The molecule has 2 aromatic heterocycles. The fourth-order valence-electron chi connectivity index (χ4n) is 1.29. The van der Waals surface area contributed by atoms with Crippen molar-refractivity contribution in [3.05, 3.63) is 20.0 Å². The third-order valence-corrected chi connectivity index (χ3v) is 4.78. The molecule has 0 fully saturated rings. The Bertz CT molecular complexity index is 526. The zero-order valence-corrected chi connectivity index (χ0v) is 11.4. The van der Waals surface area contributed by atoms with Gasteiger partial charge in [-0.3, -0.25) is 0 Å². The zero-order chi connectivity index (χ0) is 9.71. The Hall–Kier alpha value is -0.0400. The largest absolute Gasteiger partial charge is 0.229 e. The lowest BCUT2D eigenvalue weighted by Gasteiger charge is -1.86. The third-order valence-electron chi connectivity index (χ3n) is 1.85. The molecule has 14 heavy (non-hydrogen) atoms. The van der Waals surface area contributed by atoms with Gasteiger partial charge in [-0.2, -0.15) is 0 Å². The molecule has 1 aromatic carbocycles. The molecule has 2 heterocycles. The summed E-state index contributed by atoms with van der Waals surface area (Å²) >= 11 is 10.1. The first-order chi connectivity index (χ1) is 6.72. The molecule has 0 aliphatic carbocycles. The molecule has 0 radical (unpaired) electrons. The quantitative estimate of drug-likeness (QED) is 0.600. The average Bonchev–Trinajstić information content (AvgIpc) is 2.59. The van der Waals surface area contributed by atoms with E-state index in [2.05, 4.69) is 47.9 Å². The van der Waals surface area contributed by atoms with Crippen LogP contribution in [-0.2, 0) is 0 Å². The lowest BCUT2D eigenvalue weighted by molar-refractivity contribution is 1.43. The molecule has 0 saturated carbocycles. The van der Waals surface area contributed by atoms with E-state index in [1.54, 1.807) is 22.7 Å². The van der Waals surface area contributed by atoms with Crippen LogP contribution in [0.15, 0.2) is 20.0 Å². The highest BCUT2D eigenvalue weighted by molar-refractivity contribution is 9.11. The van der Waals surface area contributed by atoms with Gasteiger partial charge < -0.3 is 0 Å². The lowest BCUT2D eigenvalue weighted by Crippen LogP contribution is -1.69. The molecule has 3 rings (SSSR count). The number of thiazole rings is 2. The van der Waals surface area contributed by atoms with Crippen LogP contribution < -0.4 is 0 Å². The summed E-state index contributed by atoms with van der Waals surface area (Å²) in [6.45, 7) is 0. The summed E-state index contributed by atoms with van der Waals surface area (Å²) in [5, 5.41) is 0. The van der Waals surface area contributed by atoms with E-state index < -0.39 is 0 Å². The number of halogens is 2. The number of hydrogen-bond acceptors (Lipinski definition) is 4. The third kappa shape index (κ3) is 1.41. The van der Waals surface area contributed by atoms with Crippen LogP contribution >= 0.6 is 54.5 Å². The minimum atomic E-state index is 0.921. The van der Waals surface area contributed by atoms with Gasteiger partial charge in [0.1, 0.15) is 0 Å². The lowest BCUT2D eigenvalue weighted by atomic mass is 10.3. The molecular weight excluding hydrogens is 348 g/mol. The summed E-state index contributed by atoms with van der Waals surface area (Å²) in [4.78, 5) is 8.71. The first-order valence-corrected chi connectivity index (χ1v) is 6.96. The molecule has 0 spiro atoms. The summed E-state index contributed by atoms with van der Waals surface area (Å²) in [7, 11) is 0. The second-order valence-corrected chi connectivity index (χ2v) is 7.33. The Kier molecular flexibility index (Phi) is 2.12. The maximum Gasteiger partial charge on any atom is 0.160 e. The van der Waals surface area contributed by atoms with Gasteiger partial charge in [-0.05, 0) is 44.0 Å². The SMILES string of the molecule is Brc1nc2cc3nc(Br)sc3cc2s1. The van der Waals surface area contributed by atoms with E-state index in [9.17, 15) is 0 Å². The predicted octanol–water partition coefficient (Wildman–Crippen LogP) is 4.43. The van der Waals surface area contributed by atoms with Crippen LogP contribution in [0.4, 0.5) is 0 Å². The maximum atomic E-state index is 4.36. The van der Waals surface area contributed by atoms with Crippen LogP contribution in [0, 0.1) is 0 Å². The number of nitrogens with zero attached hydrogens (tertiary/aromatic N) is 2. The van der Waals surface area contributed by atoms with Gasteiger partial charge in [-0.1, -0.05) is 0 Å². The molecule has 0 saturated heterocycles. The van der Waals surface area contributed by atoms with Crippen LogP contribution in [0.1, 0.15) is 0 Å². The van der Waals surface area contributed by atoms with Gasteiger partial charge in [0.05, 0.1) is 20.4 Å². The monoisotopic (exact) mass is 348 g/mol. The van der Waals surface area contributed by atoms with Gasteiger partial charge in [-0.25, -0.2) is 9.97 Å². The minimum Gasteiger partial charge on any atom is -0.229 e. The first-order valence-electron chi connectivity index (χ1n) is 3.74. The highest BCUT2D eigenvalue weighted by Crippen LogP contribution is 2.33. The Morgan fingerprint density at radius 2 is 1.36 bits per heavy atom. The second kappa shape index (κ2) is 3.23. The molecule has 0 bridgehead atoms. The summed E-state index contributed by atoms with van der Waals surface area (Å²) in [6.07, 6.45) is 0. The number of benzene rings is 1. The van der Waals surface area contributed by atoms with E-state index in [4.69, 9.17) is 0 Å². The van der Waals surface area contributed by atoms with Crippen molar-refractivity contribution in [3.63, 3.8) is 0 Å². The fraction of sp³-hybridized carbons (Fsp3) is 0. The van der Waals surface area contributed by atoms with Gasteiger partial charge in [0.15, 0.2) is 7.83 Å². The van der Waals surface area contributed by atoms with Crippen LogP contribution in [-0.4, -0.2) is 9.97 Å². The smallest absolute Gasteiger partial charge is 0.160 e. The molecule has 2 nitrogen and oxygen atoms in total. The molecule has 0 aliphatic heterocycles. The Balaban J connectivity index is 2.49. The molecule has 0 aliphatic rings. The first kappa shape index (κ1) is 9.21. The van der Waals surface area contributed by atoms with E-state index in [0.717, 1.165) is 18.9 Å². The molecule has 0 N–H and O–H groups in total. The molecule has 3 aromatic rings. The van der Waals surface area contributed by atoms with Gasteiger partial charge in [0, 0.05) is 0 Å². The van der Waals surface area contributed by atoms with Crippen molar-refractivity contribution in [2.45, 2.75) is 0 Å². The van der Waals surface area contributed by atoms with Crippen LogP contribution in [0.25, 0.3) is 20.4 Å². The van der Waals surface area contributed by atoms with Crippen molar-refractivity contribution < 1.29 is 0 Å². The summed E-state index contributed by atoms with van der Waals surface area (Å²) in [5.74, 6) is 0. The second-order valence-electron chi connectivity index (χ2n) is 2.72. The van der Waals surface area contributed by atoms with Crippen LogP contribution in [0.5, 0.6) is 0 Å². The topological polar surface area (TPSA) is 25.8 Å². The van der Waals surface area contributed by atoms with Crippen LogP contribution in [0.3, 0.4) is 0 Å². The molecule has 0 unspecified atom stereocenters. The Morgan fingerprint density at radius 3 is 1.86 bits per heavy atom. The Morgan fingerprint density at radius 1 is 0.857 bits per heavy atom.